The number of aliphatic carboxylic acids is 1. The average Bonchev–Trinajstić information content (AvgIpc) is 2.49. The highest BCUT2D eigenvalue weighted by Gasteiger charge is 2.09. The van der Waals surface area contributed by atoms with E-state index in [0.29, 0.717) is 31.9 Å². The number of carboxylic acid groups (broad SMARTS) is 1. The normalized spacial score (nSPS) is 10.5. The highest BCUT2D eigenvalue weighted by atomic mass is 16.5. The molecular formula is C16H22N2O3. The lowest BCUT2D eigenvalue weighted by Gasteiger charge is -2.21. The first-order valence-electron chi connectivity index (χ1n) is 7.16. The lowest BCUT2D eigenvalue weighted by molar-refractivity contribution is -0.137. The molecule has 0 saturated heterocycles. The third kappa shape index (κ3) is 7.45. The maximum Gasteiger partial charge on any atom is 0.304 e. The topological polar surface area (TPSA) is 73.6 Å². The number of benzene rings is 1. The molecule has 0 fully saturated rings. The van der Waals surface area contributed by atoms with Crippen molar-refractivity contribution in [2.45, 2.75) is 26.3 Å². The minimum atomic E-state index is -0.796. The van der Waals surface area contributed by atoms with Gasteiger partial charge in [-0.3, -0.25) is 9.69 Å². The zero-order valence-corrected chi connectivity index (χ0v) is 12.4. The molecule has 21 heavy (non-hydrogen) atoms. The van der Waals surface area contributed by atoms with Crippen molar-refractivity contribution in [3.63, 3.8) is 0 Å². The molecule has 1 rings (SSSR count). The van der Waals surface area contributed by atoms with E-state index in [1.165, 1.54) is 0 Å². The molecule has 5 heteroatoms. The number of rotatable bonds is 10. The Morgan fingerprint density at radius 1 is 1.43 bits per heavy atom. The van der Waals surface area contributed by atoms with E-state index in [4.69, 9.17) is 15.1 Å². The van der Waals surface area contributed by atoms with E-state index in [-0.39, 0.29) is 6.42 Å². The molecule has 0 bridgehead atoms. The fourth-order valence-electron chi connectivity index (χ4n) is 2.06. The lowest BCUT2D eigenvalue weighted by Crippen LogP contribution is -2.28. The number of hydrogen-bond donors (Lipinski definition) is 1. The van der Waals surface area contributed by atoms with E-state index in [0.717, 1.165) is 18.5 Å². The smallest absolute Gasteiger partial charge is 0.304 e. The molecule has 0 aromatic heterocycles. The van der Waals surface area contributed by atoms with Crippen LogP contribution in [0.4, 0.5) is 0 Å². The SMILES string of the molecule is CCOCCCN(CCC(=O)O)Cc1cccc(C#N)c1. The Morgan fingerprint density at radius 2 is 2.24 bits per heavy atom. The fourth-order valence-corrected chi connectivity index (χ4v) is 2.06. The van der Waals surface area contributed by atoms with Gasteiger partial charge in [0.05, 0.1) is 18.1 Å². The fraction of sp³-hybridized carbons (Fsp3) is 0.500. The molecular weight excluding hydrogens is 268 g/mol. The second-order valence-electron chi connectivity index (χ2n) is 4.78. The Labute approximate surface area is 125 Å². The molecule has 0 heterocycles. The first-order chi connectivity index (χ1) is 10.2. The van der Waals surface area contributed by atoms with Crippen LogP contribution in [0.15, 0.2) is 24.3 Å². The molecule has 0 aliphatic carbocycles. The van der Waals surface area contributed by atoms with E-state index in [1.807, 2.05) is 25.1 Å². The van der Waals surface area contributed by atoms with Crippen molar-refractivity contribution in [1.82, 2.24) is 4.90 Å². The second-order valence-corrected chi connectivity index (χ2v) is 4.78. The molecule has 0 radical (unpaired) electrons. The van der Waals surface area contributed by atoms with Gasteiger partial charge in [0, 0.05) is 32.8 Å². The van der Waals surface area contributed by atoms with Crippen LogP contribution in [0, 0.1) is 11.3 Å². The number of ether oxygens (including phenoxy) is 1. The summed E-state index contributed by atoms with van der Waals surface area (Å²) in [6.07, 6.45) is 0.984. The monoisotopic (exact) mass is 290 g/mol. The van der Waals surface area contributed by atoms with Crippen LogP contribution in [-0.2, 0) is 16.1 Å². The van der Waals surface area contributed by atoms with Gasteiger partial charge >= 0.3 is 5.97 Å². The van der Waals surface area contributed by atoms with E-state index < -0.39 is 5.97 Å². The summed E-state index contributed by atoms with van der Waals surface area (Å²) >= 11 is 0. The molecule has 114 valence electrons. The summed E-state index contributed by atoms with van der Waals surface area (Å²) < 4.78 is 5.31. The Morgan fingerprint density at radius 3 is 2.90 bits per heavy atom. The zero-order valence-electron chi connectivity index (χ0n) is 12.4. The minimum absolute atomic E-state index is 0.118. The number of carbonyl (C=O) groups is 1. The van der Waals surface area contributed by atoms with Crippen molar-refractivity contribution in [1.29, 1.82) is 5.26 Å². The maximum atomic E-state index is 10.7. The first-order valence-corrected chi connectivity index (χ1v) is 7.16. The molecule has 0 atom stereocenters. The van der Waals surface area contributed by atoms with Gasteiger partial charge < -0.3 is 9.84 Å². The van der Waals surface area contributed by atoms with Crippen LogP contribution in [0.25, 0.3) is 0 Å². The number of hydrogen-bond acceptors (Lipinski definition) is 4. The number of carboxylic acids is 1. The first kappa shape index (κ1) is 17.2. The standard InChI is InChI=1S/C16H22N2O3/c1-2-21-10-4-8-18(9-7-16(19)20)13-15-6-3-5-14(11-15)12-17/h3,5-6,11H,2,4,7-10,13H2,1H3,(H,19,20). The Hall–Kier alpha value is -1.90. The van der Waals surface area contributed by atoms with Crippen molar-refractivity contribution in [3.8, 4) is 6.07 Å². The van der Waals surface area contributed by atoms with E-state index in [2.05, 4.69) is 11.0 Å². The zero-order chi connectivity index (χ0) is 15.5. The predicted molar refractivity (Wildman–Crippen MR) is 79.8 cm³/mol. The number of nitriles is 1. The van der Waals surface area contributed by atoms with Crippen LogP contribution in [0.1, 0.15) is 30.9 Å². The average molecular weight is 290 g/mol. The molecule has 0 saturated carbocycles. The highest BCUT2D eigenvalue weighted by molar-refractivity contribution is 5.66. The summed E-state index contributed by atoms with van der Waals surface area (Å²) in [5.74, 6) is -0.796. The van der Waals surface area contributed by atoms with Crippen molar-refractivity contribution < 1.29 is 14.6 Å². The van der Waals surface area contributed by atoms with Crippen molar-refractivity contribution in [2.24, 2.45) is 0 Å². The van der Waals surface area contributed by atoms with Crippen LogP contribution >= 0.6 is 0 Å². The highest BCUT2D eigenvalue weighted by Crippen LogP contribution is 2.09. The lowest BCUT2D eigenvalue weighted by atomic mass is 10.1. The van der Waals surface area contributed by atoms with Crippen LogP contribution in [-0.4, -0.2) is 42.3 Å². The van der Waals surface area contributed by atoms with Crippen molar-refractivity contribution in [3.05, 3.63) is 35.4 Å². The third-order valence-corrected chi connectivity index (χ3v) is 3.07. The quantitative estimate of drug-likeness (QED) is 0.669. The molecule has 0 unspecified atom stereocenters. The minimum Gasteiger partial charge on any atom is -0.481 e. The number of nitrogens with zero attached hydrogens (tertiary/aromatic N) is 2. The predicted octanol–water partition coefficient (Wildman–Crippen LogP) is 2.26. The Kier molecular flexibility index (Phi) is 8.10. The van der Waals surface area contributed by atoms with Gasteiger partial charge in [-0.05, 0) is 31.0 Å². The van der Waals surface area contributed by atoms with Gasteiger partial charge in [0.1, 0.15) is 0 Å². The molecule has 0 amide bonds. The van der Waals surface area contributed by atoms with Crippen LogP contribution in [0.5, 0.6) is 0 Å². The molecule has 5 nitrogen and oxygen atoms in total. The molecule has 1 N–H and O–H groups in total. The second kappa shape index (κ2) is 9.92. The molecule has 0 aliphatic heterocycles. The van der Waals surface area contributed by atoms with Crippen molar-refractivity contribution >= 4 is 5.97 Å². The van der Waals surface area contributed by atoms with Gasteiger partial charge in [0.25, 0.3) is 0 Å². The van der Waals surface area contributed by atoms with Gasteiger partial charge in [-0.1, -0.05) is 12.1 Å². The molecule has 1 aromatic rings. The summed E-state index contributed by atoms with van der Waals surface area (Å²) in [6, 6.07) is 9.53. The maximum absolute atomic E-state index is 10.7. The summed E-state index contributed by atoms with van der Waals surface area (Å²) in [5.41, 5.74) is 1.65. The molecule has 0 aliphatic rings. The summed E-state index contributed by atoms with van der Waals surface area (Å²) in [4.78, 5) is 12.8. The van der Waals surface area contributed by atoms with Gasteiger partial charge in [0.15, 0.2) is 0 Å². The molecule has 0 spiro atoms. The van der Waals surface area contributed by atoms with E-state index >= 15 is 0 Å². The Balaban J connectivity index is 2.57. The summed E-state index contributed by atoms with van der Waals surface area (Å²) in [7, 11) is 0. The van der Waals surface area contributed by atoms with Crippen molar-refractivity contribution in [2.75, 3.05) is 26.3 Å². The summed E-state index contributed by atoms with van der Waals surface area (Å²) in [5, 5.41) is 17.7. The van der Waals surface area contributed by atoms with Gasteiger partial charge in [-0.15, -0.1) is 0 Å². The largest absolute Gasteiger partial charge is 0.481 e. The Bertz CT molecular complexity index is 483. The van der Waals surface area contributed by atoms with Gasteiger partial charge in [-0.2, -0.15) is 5.26 Å². The van der Waals surface area contributed by atoms with Gasteiger partial charge in [0.2, 0.25) is 0 Å². The summed E-state index contributed by atoms with van der Waals surface area (Å²) in [6.45, 7) is 5.25. The van der Waals surface area contributed by atoms with E-state index in [1.54, 1.807) is 6.07 Å². The van der Waals surface area contributed by atoms with E-state index in [9.17, 15) is 4.79 Å². The van der Waals surface area contributed by atoms with Crippen LogP contribution in [0.3, 0.4) is 0 Å². The molecule has 1 aromatic carbocycles. The van der Waals surface area contributed by atoms with Crippen LogP contribution < -0.4 is 0 Å². The van der Waals surface area contributed by atoms with Gasteiger partial charge in [-0.25, -0.2) is 0 Å². The third-order valence-electron chi connectivity index (χ3n) is 3.07. The van der Waals surface area contributed by atoms with Crippen LogP contribution in [0.2, 0.25) is 0 Å².